The van der Waals surface area contributed by atoms with E-state index in [0.29, 0.717) is 11.1 Å². The lowest BCUT2D eigenvalue weighted by atomic mass is 9.92. The van der Waals surface area contributed by atoms with Crippen LogP contribution in [0.5, 0.6) is 5.75 Å². The Labute approximate surface area is 190 Å². The Hall–Kier alpha value is -4.38. The molecular weight excluding hydrogens is 414 g/mol. The van der Waals surface area contributed by atoms with Crippen molar-refractivity contribution in [1.82, 2.24) is 0 Å². The summed E-state index contributed by atoms with van der Waals surface area (Å²) in [4.78, 5) is 27.9. The van der Waals surface area contributed by atoms with Gasteiger partial charge in [-0.05, 0) is 35.4 Å². The summed E-state index contributed by atoms with van der Waals surface area (Å²) in [5.41, 5.74) is 2.29. The van der Waals surface area contributed by atoms with Crippen molar-refractivity contribution in [2.45, 2.75) is 13.0 Å². The standard InChI is InChI=1S/C28H21NO4/c1-17-8-6-11-19(16-17)25-24(26(31)21-13-7-10-18-9-2-3-12-20(18)21)27(32)28(33)29(25)22-14-4-5-15-23(22)30/h2-16,25,30-31H,1H3/b26-24-. The summed E-state index contributed by atoms with van der Waals surface area (Å²) in [6.45, 7) is 1.92. The topological polar surface area (TPSA) is 77.8 Å². The first kappa shape index (κ1) is 20.5. The van der Waals surface area contributed by atoms with Crippen LogP contribution in [0.2, 0.25) is 0 Å². The fourth-order valence-electron chi connectivity index (χ4n) is 4.48. The lowest BCUT2D eigenvalue weighted by molar-refractivity contribution is -0.132. The van der Waals surface area contributed by atoms with E-state index in [-0.39, 0.29) is 22.8 Å². The van der Waals surface area contributed by atoms with Gasteiger partial charge in [0.1, 0.15) is 11.5 Å². The number of ketones is 1. The number of para-hydroxylation sites is 2. The molecular formula is C28H21NO4. The molecule has 1 heterocycles. The fraction of sp³-hybridized carbons (Fsp3) is 0.0714. The predicted molar refractivity (Wildman–Crippen MR) is 128 cm³/mol. The number of anilines is 1. The normalized spacial score (nSPS) is 17.6. The Kier molecular flexibility index (Phi) is 4.94. The Morgan fingerprint density at radius 3 is 2.33 bits per heavy atom. The number of phenols is 1. The molecule has 162 valence electrons. The van der Waals surface area contributed by atoms with Crippen LogP contribution in [0.4, 0.5) is 5.69 Å². The van der Waals surface area contributed by atoms with E-state index >= 15 is 0 Å². The second-order valence-electron chi connectivity index (χ2n) is 8.10. The molecule has 1 unspecified atom stereocenters. The molecule has 1 aliphatic rings. The number of rotatable bonds is 3. The highest BCUT2D eigenvalue weighted by atomic mass is 16.3. The first-order valence-corrected chi connectivity index (χ1v) is 10.6. The molecule has 4 aromatic rings. The zero-order chi connectivity index (χ0) is 23.1. The van der Waals surface area contributed by atoms with Crippen molar-refractivity contribution in [2.24, 2.45) is 0 Å². The van der Waals surface area contributed by atoms with Gasteiger partial charge in [0, 0.05) is 5.56 Å². The maximum absolute atomic E-state index is 13.3. The van der Waals surface area contributed by atoms with Crippen molar-refractivity contribution < 1.29 is 19.8 Å². The highest BCUT2D eigenvalue weighted by Gasteiger charge is 2.47. The van der Waals surface area contributed by atoms with E-state index in [0.717, 1.165) is 16.3 Å². The molecule has 0 aromatic heterocycles. The predicted octanol–water partition coefficient (Wildman–Crippen LogP) is 5.48. The van der Waals surface area contributed by atoms with Crippen LogP contribution in [0.15, 0.2) is 96.6 Å². The molecule has 33 heavy (non-hydrogen) atoms. The third-order valence-electron chi connectivity index (χ3n) is 5.99. The second-order valence-corrected chi connectivity index (χ2v) is 8.10. The fourth-order valence-corrected chi connectivity index (χ4v) is 4.48. The molecule has 0 saturated carbocycles. The molecule has 4 aromatic carbocycles. The zero-order valence-corrected chi connectivity index (χ0v) is 17.9. The summed E-state index contributed by atoms with van der Waals surface area (Å²) in [5, 5.41) is 23.6. The van der Waals surface area contributed by atoms with Crippen molar-refractivity contribution in [3.8, 4) is 5.75 Å². The second kappa shape index (κ2) is 7.95. The van der Waals surface area contributed by atoms with Crippen molar-refractivity contribution >= 4 is 33.9 Å². The molecule has 1 aliphatic heterocycles. The van der Waals surface area contributed by atoms with Crippen LogP contribution in [-0.4, -0.2) is 21.9 Å². The van der Waals surface area contributed by atoms with E-state index in [1.54, 1.807) is 30.3 Å². The van der Waals surface area contributed by atoms with E-state index in [1.807, 2.05) is 61.5 Å². The van der Waals surface area contributed by atoms with E-state index < -0.39 is 17.7 Å². The summed E-state index contributed by atoms with van der Waals surface area (Å²) < 4.78 is 0. The third-order valence-corrected chi connectivity index (χ3v) is 5.99. The number of hydrogen-bond acceptors (Lipinski definition) is 4. The van der Waals surface area contributed by atoms with Crippen molar-refractivity contribution in [1.29, 1.82) is 0 Å². The summed E-state index contributed by atoms with van der Waals surface area (Å²) in [6.07, 6.45) is 0. The molecule has 5 nitrogen and oxygen atoms in total. The SMILES string of the molecule is Cc1cccc(C2/C(=C(/O)c3cccc4ccccc34)C(=O)C(=O)N2c2ccccc2O)c1. The van der Waals surface area contributed by atoms with Crippen LogP contribution in [0, 0.1) is 6.92 Å². The smallest absolute Gasteiger partial charge is 0.300 e. The number of carbonyl (C=O) groups is 2. The Bertz CT molecular complexity index is 1450. The molecule has 5 rings (SSSR count). The average Bonchev–Trinajstić information content (AvgIpc) is 3.09. The number of aliphatic hydroxyl groups is 1. The van der Waals surface area contributed by atoms with Crippen LogP contribution in [-0.2, 0) is 9.59 Å². The number of benzene rings is 4. The molecule has 0 bridgehead atoms. The summed E-state index contributed by atoms with van der Waals surface area (Å²) in [7, 11) is 0. The summed E-state index contributed by atoms with van der Waals surface area (Å²) in [6, 6.07) is 25.9. The lowest BCUT2D eigenvalue weighted by Gasteiger charge is -2.26. The van der Waals surface area contributed by atoms with Crippen LogP contribution in [0.1, 0.15) is 22.7 Å². The largest absolute Gasteiger partial charge is 0.507 e. The number of aromatic hydroxyl groups is 1. The third kappa shape index (κ3) is 3.34. The maximum atomic E-state index is 13.3. The number of phenolic OH excluding ortho intramolecular Hbond substituents is 1. The highest BCUT2D eigenvalue weighted by Crippen LogP contribution is 2.45. The van der Waals surface area contributed by atoms with Gasteiger partial charge in [0.15, 0.2) is 0 Å². The highest BCUT2D eigenvalue weighted by molar-refractivity contribution is 6.52. The molecule has 0 aliphatic carbocycles. The van der Waals surface area contributed by atoms with Crippen LogP contribution in [0.25, 0.3) is 16.5 Å². The number of fused-ring (bicyclic) bond motifs is 1. The number of hydrogen-bond donors (Lipinski definition) is 2. The molecule has 0 spiro atoms. The first-order valence-electron chi connectivity index (χ1n) is 10.6. The molecule has 5 heteroatoms. The van der Waals surface area contributed by atoms with E-state index in [4.69, 9.17) is 0 Å². The van der Waals surface area contributed by atoms with Gasteiger partial charge in [-0.15, -0.1) is 0 Å². The van der Waals surface area contributed by atoms with Gasteiger partial charge in [-0.1, -0.05) is 84.4 Å². The minimum Gasteiger partial charge on any atom is -0.507 e. The monoisotopic (exact) mass is 435 g/mol. The van der Waals surface area contributed by atoms with E-state index in [2.05, 4.69) is 0 Å². The van der Waals surface area contributed by atoms with Crippen molar-refractivity contribution in [3.63, 3.8) is 0 Å². The number of amides is 1. The average molecular weight is 435 g/mol. The maximum Gasteiger partial charge on any atom is 0.300 e. The summed E-state index contributed by atoms with van der Waals surface area (Å²) in [5.74, 6) is -1.96. The molecule has 1 amide bonds. The molecule has 2 N–H and O–H groups in total. The van der Waals surface area contributed by atoms with Crippen LogP contribution < -0.4 is 4.90 Å². The van der Waals surface area contributed by atoms with E-state index in [1.165, 1.54) is 11.0 Å². The van der Waals surface area contributed by atoms with Gasteiger partial charge in [-0.2, -0.15) is 0 Å². The minimum absolute atomic E-state index is 0.00907. The number of carbonyl (C=O) groups excluding carboxylic acids is 2. The van der Waals surface area contributed by atoms with Crippen LogP contribution in [0.3, 0.4) is 0 Å². The van der Waals surface area contributed by atoms with Crippen LogP contribution >= 0.6 is 0 Å². The summed E-state index contributed by atoms with van der Waals surface area (Å²) >= 11 is 0. The number of aliphatic hydroxyl groups excluding tert-OH is 1. The Balaban J connectivity index is 1.80. The molecule has 1 fully saturated rings. The Morgan fingerprint density at radius 1 is 0.848 bits per heavy atom. The van der Waals surface area contributed by atoms with Gasteiger partial charge in [-0.25, -0.2) is 0 Å². The Morgan fingerprint density at radius 2 is 1.55 bits per heavy atom. The van der Waals surface area contributed by atoms with Gasteiger partial charge >= 0.3 is 0 Å². The number of Topliss-reactive ketones (excluding diaryl/α,β-unsaturated/α-hetero) is 1. The van der Waals surface area contributed by atoms with Gasteiger partial charge in [0.25, 0.3) is 11.7 Å². The first-order chi connectivity index (χ1) is 16.0. The van der Waals surface area contributed by atoms with Gasteiger partial charge in [-0.3, -0.25) is 14.5 Å². The van der Waals surface area contributed by atoms with Gasteiger partial charge in [0.05, 0.1) is 17.3 Å². The molecule has 1 saturated heterocycles. The van der Waals surface area contributed by atoms with Gasteiger partial charge in [0.2, 0.25) is 0 Å². The minimum atomic E-state index is -0.892. The zero-order valence-electron chi connectivity index (χ0n) is 17.9. The quantitative estimate of drug-likeness (QED) is 0.254. The molecule has 0 radical (unpaired) electrons. The molecule has 1 atom stereocenters. The van der Waals surface area contributed by atoms with E-state index in [9.17, 15) is 19.8 Å². The van der Waals surface area contributed by atoms with Crippen molar-refractivity contribution in [2.75, 3.05) is 4.90 Å². The number of nitrogens with zero attached hydrogens (tertiary/aromatic N) is 1. The number of aryl methyl sites for hydroxylation is 1. The van der Waals surface area contributed by atoms with Gasteiger partial charge < -0.3 is 10.2 Å². The van der Waals surface area contributed by atoms with Crippen molar-refractivity contribution in [3.05, 3.63) is 113 Å². The lowest BCUT2D eigenvalue weighted by Crippen LogP contribution is -2.29.